The second kappa shape index (κ2) is 4.06. The largest absolute Gasteiger partial charge is 0.447 e. The number of carbonyl (C=O) groups excluding carboxylic acids is 2. The fraction of sp³-hybridized carbons (Fsp3) is 0.714. The Kier molecular flexibility index (Phi) is 3.05. The van der Waals surface area contributed by atoms with E-state index in [1.807, 2.05) is 0 Å². The fourth-order valence-electron chi connectivity index (χ4n) is 0.908. The highest BCUT2D eigenvalue weighted by Gasteiger charge is 2.29. The summed E-state index contributed by atoms with van der Waals surface area (Å²) in [5.74, 6) is -0.420. The Bertz CT molecular complexity index is 222. The van der Waals surface area contributed by atoms with Gasteiger partial charge in [0.2, 0.25) is 5.91 Å². The predicted molar refractivity (Wildman–Crippen MR) is 41.9 cm³/mol. The Morgan fingerprint density at radius 3 is 3.08 bits per heavy atom. The average Bonchev–Trinajstić information content (AvgIpc) is 2.51. The van der Waals surface area contributed by atoms with E-state index < -0.39 is 30.8 Å². The zero-order valence-electron chi connectivity index (χ0n) is 7.17. The molecule has 1 fully saturated rings. The van der Waals surface area contributed by atoms with Crippen LogP contribution in [0.4, 0.5) is 9.18 Å². The summed E-state index contributed by atoms with van der Waals surface area (Å²) in [7, 11) is 0. The highest BCUT2D eigenvalue weighted by atomic mass is 19.1. The minimum absolute atomic E-state index is 0.00364. The first kappa shape index (κ1) is 9.76. The quantitative estimate of drug-likeness (QED) is 0.634. The van der Waals surface area contributed by atoms with E-state index in [0.29, 0.717) is 0 Å². The summed E-state index contributed by atoms with van der Waals surface area (Å²) in [5, 5.41) is 4.67. The van der Waals surface area contributed by atoms with Crippen molar-refractivity contribution in [2.24, 2.45) is 0 Å². The van der Waals surface area contributed by atoms with Crippen molar-refractivity contribution in [3.05, 3.63) is 0 Å². The molecule has 1 rings (SSSR count). The number of hydrogen-bond donors (Lipinski definition) is 2. The second-order valence-electron chi connectivity index (χ2n) is 2.86. The first-order valence-electron chi connectivity index (χ1n) is 3.93. The van der Waals surface area contributed by atoms with Crippen molar-refractivity contribution in [3.63, 3.8) is 0 Å². The van der Waals surface area contributed by atoms with Gasteiger partial charge in [-0.3, -0.25) is 4.79 Å². The smallest absolute Gasteiger partial charge is 0.407 e. The second-order valence-corrected chi connectivity index (χ2v) is 2.86. The van der Waals surface area contributed by atoms with Gasteiger partial charge >= 0.3 is 6.09 Å². The third-order valence-corrected chi connectivity index (χ3v) is 1.61. The molecule has 2 unspecified atom stereocenters. The van der Waals surface area contributed by atoms with Crippen LogP contribution in [-0.2, 0) is 9.53 Å². The number of ether oxygens (including phenoxy) is 1. The van der Waals surface area contributed by atoms with Gasteiger partial charge in [0.15, 0.2) is 0 Å². The molecular weight excluding hydrogens is 179 g/mol. The molecule has 0 aromatic heterocycles. The van der Waals surface area contributed by atoms with Gasteiger partial charge in [0.05, 0.1) is 6.04 Å². The SMILES string of the molecule is CC(CF)NC(=O)C1COC(=O)N1. The Hall–Kier alpha value is -1.33. The van der Waals surface area contributed by atoms with Crippen LogP contribution in [0.25, 0.3) is 0 Å². The molecule has 1 heterocycles. The molecule has 2 atom stereocenters. The van der Waals surface area contributed by atoms with Gasteiger partial charge in [0, 0.05) is 0 Å². The van der Waals surface area contributed by atoms with Gasteiger partial charge in [-0.05, 0) is 6.92 Å². The molecule has 0 saturated carbocycles. The van der Waals surface area contributed by atoms with Crippen molar-refractivity contribution in [3.8, 4) is 0 Å². The van der Waals surface area contributed by atoms with E-state index in [9.17, 15) is 14.0 Å². The van der Waals surface area contributed by atoms with Gasteiger partial charge in [-0.25, -0.2) is 9.18 Å². The molecule has 0 spiro atoms. The Morgan fingerprint density at radius 2 is 2.62 bits per heavy atom. The number of nitrogens with one attached hydrogen (secondary N) is 2. The molecule has 6 heteroatoms. The molecule has 1 saturated heterocycles. The lowest BCUT2D eigenvalue weighted by molar-refractivity contribution is -0.123. The minimum atomic E-state index is -0.693. The van der Waals surface area contributed by atoms with Gasteiger partial charge in [0.25, 0.3) is 0 Å². The van der Waals surface area contributed by atoms with E-state index >= 15 is 0 Å². The maximum Gasteiger partial charge on any atom is 0.407 e. The summed E-state index contributed by atoms with van der Waals surface area (Å²) < 4.78 is 16.5. The fourth-order valence-corrected chi connectivity index (χ4v) is 0.908. The number of alkyl halides is 1. The van der Waals surface area contributed by atoms with Crippen molar-refractivity contribution in [1.29, 1.82) is 0 Å². The molecule has 2 N–H and O–H groups in total. The van der Waals surface area contributed by atoms with Crippen LogP contribution in [0.1, 0.15) is 6.92 Å². The Balaban J connectivity index is 2.35. The van der Waals surface area contributed by atoms with Crippen LogP contribution in [-0.4, -0.2) is 37.4 Å². The van der Waals surface area contributed by atoms with Crippen LogP contribution in [0.15, 0.2) is 0 Å². The van der Waals surface area contributed by atoms with E-state index in [1.165, 1.54) is 6.92 Å². The molecule has 5 nitrogen and oxygen atoms in total. The van der Waals surface area contributed by atoms with Gasteiger partial charge < -0.3 is 15.4 Å². The van der Waals surface area contributed by atoms with Gasteiger partial charge in [-0.15, -0.1) is 0 Å². The summed E-state index contributed by atoms with van der Waals surface area (Å²) in [6, 6.07) is -1.23. The molecule has 74 valence electrons. The number of cyclic esters (lactones) is 1. The molecule has 2 amide bonds. The summed E-state index contributed by atoms with van der Waals surface area (Å²) >= 11 is 0. The lowest BCUT2D eigenvalue weighted by Crippen LogP contribution is -2.46. The lowest BCUT2D eigenvalue weighted by atomic mass is 10.3. The van der Waals surface area contributed by atoms with Crippen molar-refractivity contribution in [2.75, 3.05) is 13.3 Å². The Morgan fingerprint density at radius 1 is 1.92 bits per heavy atom. The van der Waals surface area contributed by atoms with Gasteiger partial charge in [-0.1, -0.05) is 0 Å². The van der Waals surface area contributed by atoms with Crippen LogP contribution >= 0.6 is 0 Å². The van der Waals surface area contributed by atoms with Crippen molar-refractivity contribution in [2.45, 2.75) is 19.0 Å². The van der Waals surface area contributed by atoms with Crippen LogP contribution in [0.3, 0.4) is 0 Å². The van der Waals surface area contributed by atoms with Crippen LogP contribution in [0.5, 0.6) is 0 Å². The van der Waals surface area contributed by atoms with E-state index in [4.69, 9.17) is 0 Å². The van der Waals surface area contributed by atoms with Crippen molar-refractivity contribution in [1.82, 2.24) is 10.6 Å². The highest BCUT2D eigenvalue weighted by Crippen LogP contribution is 1.98. The Labute approximate surface area is 74.6 Å². The zero-order valence-corrected chi connectivity index (χ0v) is 7.17. The molecule has 0 aromatic rings. The number of rotatable bonds is 3. The molecular formula is C7H11FN2O3. The van der Waals surface area contributed by atoms with Crippen LogP contribution in [0, 0.1) is 0 Å². The van der Waals surface area contributed by atoms with Crippen LogP contribution < -0.4 is 10.6 Å². The number of halogens is 1. The zero-order chi connectivity index (χ0) is 9.84. The summed E-state index contributed by atoms with van der Waals surface area (Å²) in [6.45, 7) is 0.909. The number of amides is 2. The lowest BCUT2D eigenvalue weighted by Gasteiger charge is -2.12. The van der Waals surface area contributed by atoms with Gasteiger partial charge in [0.1, 0.15) is 19.3 Å². The molecule has 0 bridgehead atoms. The molecule has 0 radical (unpaired) electrons. The molecule has 0 aromatic carbocycles. The highest BCUT2D eigenvalue weighted by molar-refractivity contribution is 5.87. The normalized spacial score (nSPS) is 23.2. The summed E-state index contributed by atoms with van der Waals surface area (Å²) in [4.78, 5) is 21.7. The predicted octanol–water partition coefficient (Wildman–Crippen LogP) is -0.431. The third-order valence-electron chi connectivity index (χ3n) is 1.61. The van der Waals surface area contributed by atoms with E-state index in [0.717, 1.165) is 0 Å². The number of alkyl carbamates (subject to hydrolysis) is 1. The van der Waals surface area contributed by atoms with Crippen molar-refractivity contribution >= 4 is 12.0 Å². The molecule has 13 heavy (non-hydrogen) atoms. The van der Waals surface area contributed by atoms with Crippen LogP contribution in [0.2, 0.25) is 0 Å². The summed E-state index contributed by atoms with van der Waals surface area (Å²) in [5.41, 5.74) is 0. The summed E-state index contributed by atoms with van der Waals surface area (Å²) in [6.07, 6.45) is -0.618. The molecule has 1 aliphatic rings. The number of carbonyl (C=O) groups is 2. The van der Waals surface area contributed by atoms with Crippen molar-refractivity contribution < 1.29 is 18.7 Å². The monoisotopic (exact) mass is 190 g/mol. The topological polar surface area (TPSA) is 67.4 Å². The first-order valence-corrected chi connectivity index (χ1v) is 3.93. The molecule has 1 aliphatic heterocycles. The van der Waals surface area contributed by atoms with Gasteiger partial charge in [-0.2, -0.15) is 0 Å². The maximum absolute atomic E-state index is 12.0. The van der Waals surface area contributed by atoms with E-state index in [2.05, 4.69) is 15.4 Å². The average molecular weight is 190 g/mol. The maximum atomic E-state index is 12.0. The van der Waals surface area contributed by atoms with E-state index in [1.54, 1.807) is 0 Å². The number of hydrogen-bond acceptors (Lipinski definition) is 3. The van der Waals surface area contributed by atoms with E-state index in [-0.39, 0.29) is 6.61 Å². The third kappa shape index (κ3) is 2.57. The first-order chi connectivity index (χ1) is 6.13. The standard InChI is InChI=1S/C7H11FN2O3/c1-4(2-8)9-6(11)5-3-13-7(12)10-5/h4-5H,2-3H2,1H3,(H,9,11)(H,10,12). The minimum Gasteiger partial charge on any atom is -0.447 e. The molecule has 0 aliphatic carbocycles.